The summed E-state index contributed by atoms with van der Waals surface area (Å²) in [7, 11) is 0. The number of hydrogen-bond acceptors (Lipinski definition) is 5. The van der Waals surface area contributed by atoms with E-state index in [1.165, 1.54) is 0 Å². The van der Waals surface area contributed by atoms with Crippen LogP contribution in [0, 0.1) is 13.8 Å². The van der Waals surface area contributed by atoms with Crippen LogP contribution >= 0.6 is 0 Å². The summed E-state index contributed by atoms with van der Waals surface area (Å²) < 4.78 is 10.2. The molecule has 1 aliphatic heterocycles. The molecule has 0 fully saturated rings. The molecule has 0 atom stereocenters. The van der Waals surface area contributed by atoms with Crippen molar-refractivity contribution >= 4 is 29.3 Å². The van der Waals surface area contributed by atoms with Gasteiger partial charge in [-0.2, -0.15) is 0 Å². The molecule has 27 heavy (non-hydrogen) atoms. The third-order valence-electron chi connectivity index (χ3n) is 4.22. The van der Waals surface area contributed by atoms with Gasteiger partial charge in [0.1, 0.15) is 6.61 Å². The fraction of sp³-hybridized carbons (Fsp3) is 0.300. The molecule has 7 heteroatoms. The largest absolute Gasteiger partial charge is 0.446 e. The molecule has 1 aromatic carbocycles. The third kappa shape index (κ3) is 3.94. The molecule has 142 valence electrons. The number of H-pyrrole nitrogens is 1. The van der Waals surface area contributed by atoms with Crippen LogP contribution in [0.3, 0.4) is 0 Å². The van der Waals surface area contributed by atoms with Gasteiger partial charge in [0.15, 0.2) is 0 Å². The first-order valence-electron chi connectivity index (χ1n) is 8.70. The highest BCUT2D eigenvalue weighted by Crippen LogP contribution is 2.38. The minimum atomic E-state index is -0.747. The number of carbonyl (C=O) groups is 2. The highest BCUT2D eigenvalue weighted by Gasteiger charge is 2.37. The van der Waals surface area contributed by atoms with Crippen molar-refractivity contribution in [1.82, 2.24) is 4.98 Å². The summed E-state index contributed by atoms with van der Waals surface area (Å²) in [4.78, 5) is 29.7. The lowest BCUT2D eigenvalue weighted by Crippen LogP contribution is -2.34. The molecule has 7 nitrogen and oxygen atoms in total. The van der Waals surface area contributed by atoms with Crippen LogP contribution in [-0.4, -0.2) is 48.5 Å². The van der Waals surface area contributed by atoms with E-state index in [2.05, 4.69) is 4.98 Å². The zero-order valence-corrected chi connectivity index (χ0v) is 15.3. The second-order valence-electron chi connectivity index (χ2n) is 6.22. The van der Waals surface area contributed by atoms with E-state index in [0.717, 1.165) is 21.9 Å². The number of aryl methyl sites for hydroxylation is 2. The van der Waals surface area contributed by atoms with E-state index in [1.807, 2.05) is 32.0 Å². The van der Waals surface area contributed by atoms with Gasteiger partial charge in [-0.3, -0.25) is 4.79 Å². The van der Waals surface area contributed by atoms with Crippen LogP contribution in [0.2, 0.25) is 0 Å². The van der Waals surface area contributed by atoms with E-state index in [1.54, 1.807) is 18.2 Å². The quantitative estimate of drug-likeness (QED) is 0.602. The normalized spacial score (nSPS) is 14.7. The van der Waals surface area contributed by atoms with Gasteiger partial charge in [-0.05, 0) is 37.6 Å². The van der Waals surface area contributed by atoms with Crippen molar-refractivity contribution in [3.63, 3.8) is 0 Å². The molecule has 1 aliphatic rings. The molecule has 0 aliphatic carbocycles. The number of fused-ring (bicyclic) bond motifs is 1. The first kappa shape index (κ1) is 18.9. The Hall–Kier alpha value is -2.90. The molecule has 3 rings (SSSR count). The maximum Gasteiger partial charge on any atom is 0.421 e. The Kier molecular flexibility index (Phi) is 5.73. The smallest absolute Gasteiger partial charge is 0.421 e. The van der Waals surface area contributed by atoms with Crippen LogP contribution < -0.4 is 4.90 Å². The predicted molar refractivity (Wildman–Crippen MR) is 101 cm³/mol. The highest BCUT2D eigenvalue weighted by molar-refractivity contribution is 6.41. The van der Waals surface area contributed by atoms with Gasteiger partial charge in [0.05, 0.1) is 31.1 Å². The number of para-hydroxylation sites is 1. The first-order valence-corrected chi connectivity index (χ1v) is 8.70. The average Bonchev–Trinajstić information content (AvgIpc) is 3.11. The molecular formula is C20H22N2O5. The standard InChI is InChI=1S/C20H22N2O5/c1-13-11-14(2)21-17(13)12-16-15-5-3-4-6-18(15)22(19(16)24)20(25)27-10-9-26-8-7-23/h3-6,11-12,21,23H,7-10H2,1-2H3. The number of aliphatic hydroxyl groups is 1. The van der Waals surface area contributed by atoms with Gasteiger partial charge < -0.3 is 19.6 Å². The lowest BCUT2D eigenvalue weighted by atomic mass is 10.1. The lowest BCUT2D eigenvalue weighted by Gasteiger charge is -2.15. The van der Waals surface area contributed by atoms with Gasteiger partial charge in [-0.1, -0.05) is 18.2 Å². The monoisotopic (exact) mass is 370 g/mol. The Morgan fingerprint density at radius 2 is 2.00 bits per heavy atom. The number of benzene rings is 1. The van der Waals surface area contributed by atoms with Gasteiger partial charge in [-0.25, -0.2) is 9.69 Å². The number of aliphatic hydroxyl groups excluding tert-OH is 1. The zero-order valence-electron chi connectivity index (χ0n) is 15.3. The van der Waals surface area contributed by atoms with Crippen molar-refractivity contribution < 1.29 is 24.2 Å². The Bertz CT molecular complexity index is 884. The molecular weight excluding hydrogens is 348 g/mol. The van der Waals surface area contributed by atoms with Gasteiger partial charge in [0.25, 0.3) is 5.91 Å². The molecule has 2 N–H and O–H groups in total. The van der Waals surface area contributed by atoms with E-state index in [-0.39, 0.29) is 26.4 Å². The van der Waals surface area contributed by atoms with E-state index < -0.39 is 12.0 Å². The minimum absolute atomic E-state index is 0.00123. The number of aromatic nitrogens is 1. The molecule has 0 saturated heterocycles. The number of nitrogens with one attached hydrogen (secondary N) is 1. The molecule has 0 saturated carbocycles. The summed E-state index contributed by atoms with van der Waals surface area (Å²) in [5.74, 6) is -0.427. The SMILES string of the molecule is Cc1cc(C)c(C=C2C(=O)N(C(=O)OCCOCCO)c3ccccc32)[nH]1. The van der Waals surface area contributed by atoms with Crippen molar-refractivity contribution in [2.75, 3.05) is 31.3 Å². The van der Waals surface area contributed by atoms with Crippen molar-refractivity contribution in [2.45, 2.75) is 13.8 Å². The van der Waals surface area contributed by atoms with Crippen LogP contribution in [0.1, 0.15) is 22.5 Å². The third-order valence-corrected chi connectivity index (χ3v) is 4.22. The van der Waals surface area contributed by atoms with Crippen molar-refractivity contribution in [1.29, 1.82) is 0 Å². The molecule has 2 amide bonds. The zero-order chi connectivity index (χ0) is 19.4. The number of aromatic amines is 1. The van der Waals surface area contributed by atoms with Crippen molar-refractivity contribution in [2.24, 2.45) is 0 Å². The summed E-state index contributed by atoms with van der Waals surface area (Å²) in [6, 6.07) is 9.11. The first-order chi connectivity index (χ1) is 13.0. The Balaban J connectivity index is 1.84. The minimum Gasteiger partial charge on any atom is -0.446 e. The van der Waals surface area contributed by atoms with Crippen LogP contribution in [0.25, 0.3) is 11.6 Å². The van der Waals surface area contributed by atoms with Gasteiger partial charge in [0, 0.05) is 17.0 Å². The molecule has 2 aromatic rings. The lowest BCUT2D eigenvalue weighted by molar-refractivity contribution is -0.112. The summed E-state index contributed by atoms with van der Waals surface area (Å²) in [5.41, 5.74) is 4.46. The molecule has 0 spiro atoms. The summed E-state index contributed by atoms with van der Waals surface area (Å²) in [5, 5.41) is 8.67. The Morgan fingerprint density at radius 1 is 1.22 bits per heavy atom. The molecule has 0 radical (unpaired) electrons. The van der Waals surface area contributed by atoms with Crippen LogP contribution in [0.15, 0.2) is 30.3 Å². The van der Waals surface area contributed by atoms with Gasteiger partial charge >= 0.3 is 6.09 Å². The van der Waals surface area contributed by atoms with Crippen LogP contribution in [0.5, 0.6) is 0 Å². The summed E-state index contributed by atoms with van der Waals surface area (Å²) in [6.45, 7) is 4.13. The average molecular weight is 370 g/mol. The molecule has 1 aromatic heterocycles. The number of imide groups is 1. The van der Waals surface area contributed by atoms with Crippen molar-refractivity contribution in [3.05, 3.63) is 52.8 Å². The maximum absolute atomic E-state index is 12.9. The van der Waals surface area contributed by atoms with Crippen LogP contribution in [-0.2, 0) is 14.3 Å². The van der Waals surface area contributed by atoms with E-state index in [4.69, 9.17) is 14.6 Å². The fourth-order valence-electron chi connectivity index (χ4n) is 3.03. The number of carbonyl (C=O) groups excluding carboxylic acids is 2. The van der Waals surface area contributed by atoms with Crippen molar-refractivity contribution in [3.8, 4) is 0 Å². The summed E-state index contributed by atoms with van der Waals surface area (Å²) in [6.07, 6.45) is 1.02. The van der Waals surface area contributed by atoms with Gasteiger partial charge in [-0.15, -0.1) is 0 Å². The topological polar surface area (TPSA) is 91.9 Å². The second kappa shape index (κ2) is 8.20. The summed E-state index contributed by atoms with van der Waals surface area (Å²) >= 11 is 0. The highest BCUT2D eigenvalue weighted by atomic mass is 16.6. The van der Waals surface area contributed by atoms with E-state index in [0.29, 0.717) is 16.8 Å². The molecule has 0 bridgehead atoms. The predicted octanol–water partition coefficient (Wildman–Crippen LogP) is 2.66. The number of anilines is 1. The van der Waals surface area contributed by atoms with E-state index in [9.17, 15) is 9.59 Å². The molecule has 0 unspecified atom stereocenters. The number of ether oxygens (including phenoxy) is 2. The number of nitrogens with zero attached hydrogens (tertiary/aromatic N) is 1. The number of amides is 2. The van der Waals surface area contributed by atoms with Crippen LogP contribution in [0.4, 0.5) is 10.5 Å². The Morgan fingerprint density at radius 3 is 2.70 bits per heavy atom. The fourth-order valence-corrected chi connectivity index (χ4v) is 3.03. The maximum atomic E-state index is 12.9. The number of rotatable bonds is 6. The van der Waals surface area contributed by atoms with E-state index >= 15 is 0 Å². The second-order valence-corrected chi connectivity index (χ2v) is 6.22. The molecule has 2 heterocycles. The van der Waals surface area contributed by atoms with Gasteiger partial charge in [0.2, 0.25) is 0 Å². The number of hydrogen-bond donors (Lipinski definition) is 2. The Labute approximate surface area is 157 Å².